The first-order valence-corrected chi connectivity index (χ1v) is 4.50. The second-order valence-electron chi connectivity index (χ2n) is 3.20. The van der Waals surface area contributed by atoms with E-state index < -0.39 is 0 Å². The fourth-order valence-corrected chi connectivity index (χ4v) is 1.80. The van der Waals surface area contributed by atoms with Gasteiger partial charge in [0.15, 0.2) is 0 Å². The third-order valence-corrected chi connectivity index (χ3v) is 2.42. The SMILES string of the molecule is O=C=NCCc1n[nH]c2c1CCC2. The predicted molar refractivity (Wildman–Crippen MR) is 47.3 cm³/mol. The second-order valence-corrected chi connectivity index (χ2v) is 3.20. The summed E-state index contributed by atoms with van der Waals surface area (Å²) < 4.78 is 0. The van der Waals surface area contributed by atoms with Crippen molar-refractivity contribution in [1.82, 2.24) is 10.2 Å². The molecule has 0 saturated carbocycles. The van der Waals surface area contributed by atoms with Crippen molar-refractivity contribution in [3.8, 4) is 0 Å². The minimum Gasteiger partial charge on any atom is -0.282 e. The summed E-state index contributed by atoms with van der Waals surface area (Å²) in [6, 6.07) is 0. The number of carbonyl (C=O) groups excluding carboxylic acids is 1. The molecule has 1 aliphatic rings. The molecule has 0 saturated heterocycles. The third-order valence-electron chi connectivity index (χ3n) is 2.42. The topological polar surface area (TPSA) is 58.1 Å². The number of H-pyrrole nitrogens is 1. The molecule has 1 aromatic heterocycles. The van der Waals surface area contributed by atoms with E-state index in [1.807, 2.05) is 0 Å². The zero-order valence-corrected chi connectivity index (χ0v) is 7.34. The molecule has 0 aliphatic heterocycles. The number of hydrogen-bond acceptors (Lipinski definition) is 3. The molecule has 1 aliphatic carbocycles. The van der Waals surface area contributed by atoms with E-state index in [0.717, 1.165) is 25.0 Å². The highest BCUT2D eigenvalue weighted by Crippen LogP contribution is 2.22. The zero-order valence-electron chi connectivity index (χ0n) is 7.34. The maximum Gasteiger partial charge on any atom is 0.234 e. The molecule has 1 heterocycles. The number of nitrogens with zero attached hydrogens (tertiary/aromatic N) is 2. The molecule has 0 amide bonds. The quantitative estimate of drug-likeness (QED) is 0.547. The van der Waals surface area contributed by atoms with Gasteiger partial charge in [-0.3, -0.25) is 5.10 Å². The van der Waals surface area contributed by atoms with Crippen molar-refractivity contribution >= 4 is 6.08 Å². The number of hydrogen-bond donors (Lipinski definition) is 1. The average Bonchev–Trinajstić information content (AvgIpc) is 2.68. The molecule has 2 rings (SSSR count). The fraction of sp³-hybridized carbons (Fsp3) is 0.556. The molecule has 4 nitrogen and oxygen atoms in total. The molecule has 0 fully saturated rings. The van der Waals surface area contributed by atoms with Gasteiger partial charge in [-0.2, -0.15) is 5.10 Å². The summed E-state index contributed by atoms with van der Waals surface area (Å²) in [5, 5.41) is 7.22. The molecular formula is C9H11N3O. The molecule has 1 N–H and O–H groups in total. The number of aliphatic imine (C=N–C) groups is 1. The summed E-state index contributed by atoms with van der Waals surface area (Å²) in [6.45, 7) is 0.501. The van der Waals surface area contributed by atoms with E-state index in [1.165, 1.54) is 23.8 Å². The highest BCUT2D eigenvalue weighted by molar-refractivity contribution is 5.33. The minimum atomic E-state index is 0.501. The number of aromatic amines is 1. The molecule has 68 valence electrons. The van der Waals surface area contributed by atoms with Gasteiger partial charge in [-0.05, 0) is 24.8 Å². The molecule has 1 aromatic rings. The lowest BCUT2D eigenvalue weighted by Gasteiger charge is -1.93. The van der Waals surface area contributed by atoms with Gasteiger partial charge in [-0.25, -0.2) is 9.79 Å². The molecule has 0 atom stereocenters. The number of nitrogens with one attached hydrogen (secondary N) is 1. The van der Waals surface area contributed by atoms with Crippen LogP contribution in [-0.2, 0) is 24.1 Å². The van der Waals surface area contributed by atoms with Crippen LogP contribution >= 0.6 is 0 Å². The molecule has 13 heavy (non-hydrogen) atoms. The van der Waals surface area contributed by atoms with Gasteiger partial charge < -0.3 is 0 Å². The highest BCUT2D eigenvalue weighted by Gasteiger charge is 2.17. The van der Waals surface area contributed by atoms with E-state index in [-0.39, 0.29) is 0 Å². The first-order chi connectivity index (χ1) is 6.42. The Kier molecular flexibility index (Phi) is 2.23. The van der Waals surface area contributed by atoms with Crippen molar-refractivity contribution in [2.24, 2.45) is 4.99 Å². The van der Waals surface area contributed by atoms with Crippen LogP contribution in [0.15, 0.2) is 4.99 Å². The van der Waals surface area contributed by atoms with Crippen LogP contribution in [0.3, 0.4) is 0 Å². The van der Waals surface area contributed by atoms with E-state index in [0.29, 0.717) is 6.54 Å². The molecular weight excluding hydrogens is 166 g/mol. The zero-order chi connectivity index (χ0) is 9.10. The molecule has 0 spiro atoms. The lowest BCUT2D eigenvalue weighted by molar-refractivity contribution is 0.563. The Morgan fingerprint density at radius 3 is 3.31 bits per heavy atom. The van der Waals surface area contributed by atoms with E-state index in [9.17, 15) is 4.79 Å². The first kappa shape index (κ1) is 8.20. The summed E-state index contributed by atoms with van der Waals surface area (Å²) in [5.41, 5.74) is 3.69. The van der Waals surface area contributed by atoms with Gasteiger partial charge in [-0.15, -0.1) is 0 Å². The van der Waals surface area contributed by atoms with Gasteiger partial charge in [-0.1, -0.05) is 0 Å². The average molecular weight is 177 g/mol. The summed E-state index contributed by atoms with van der Waals surface area (Å²) >= 11 is 0. The summed E-state index contributed by atoms with van der Waals surface area (Å²) in [4.78, 5) is 13.4. The van der Waals surface area contributed by atoms with Gasteiger partial charge in [0.05, 0.1) is 12.2 Å². The third kappa shape index (κ3) is 1.53. The number of isocyanates is 1. The van der Waals surface area contributed by atoms with Crippen LogP contribution in [0.5, 0.6) is 0 Å². The normalized spacial score (nSPS) is 13.8. The van der Waals surface area contributed by atoms with E-state index in [1.54, 1.807) is 0 Å². The Morgan fingerprint density at radius 1 is 1.54 bits per heavy atom. The van der Waals surface area contributed by atoms with Crippen LogP contribution in [0.25, 0.3) is 0 Å². The maximum absolute atomic E-state index is 9.85. The van der Waals surface area contributed by atoms with Crippen molar-refractivity contribution in [1.29, 1.82) is 0 Å². The van der Waals surface area contributed by atoms with Crippen LogP contribution in [0.2, 0.25) is 0 Å². The Balaban J connectivity index is 2.08. The Labute approximate surface area is 76.1 Å². The van der Waals surface area contributed by atoms with Crippen molar-refractivity contribution in [3.63, 3.8) is 0 Å². The van der Waals surface area contributed by atoms with Gasteiger partial charge in [0.25, 0.3) is 0 Å². The van der Waals surface area contributed by atoms with Crippen LogP contribution in [0.4, 0.5) is 0 Å². The smallest absolute Gasteiger partial charge is 0.234 e. The van der Waals surface area contributed by atoms with Crippen LogP contribution < -0.4 is 0 Å². The van der Waals surface area contributed by atoms with Crippen molar-refractivity contribution in [2.75, 3.05) is 6.54 Å². The fourth-order valence-electron chi connectivity index (χ4n) is 1.80. The van der Waals surface area contributed by atoms with E-state index in [2.05, 4.69) is 15.2 Å². The Morgan fingerprint density at radius 2 is 2.46 bits per heavy atom. The van der Waals surface area contributed by atoms with Crippen LogP contribution in [0.1, 0.15) is 23.4 Å². The number of aromatic nitrogens is 2. The number of rotatable bonds is 3. The summed E-state index contributed by atoms with van der Waals surface area (Å²) in [6.07, 6.45) is 5.73. The number of aryl methyl sites for hydroxylation is 1. The summed E-state index contributed by atoms with van der Waals surface area (Å²) in [7, 11) is 0. The van der Waals surface area contributed by atoms with Crippen LogP contribution in [0, 0.1) is 0 Å². The number of fused-ring (bicyclic) bond motifs is 1. The Hall–Kier alpha value is -1.41. The van der Waals surface area contributed by atoms with Crippen molar-refractivity contribution < 1.29 is 4.79 Å². The summed E-state index contributed by atoms with van der Waals surface area (Å²) in [5.74, 6) is 0. The van der Waals surface area contributed by atoms with Crippen LogP contribution in [-0.4, -0.2) is 22.8 Å². The minimum absolute atomic E-state index is 0.501. The lowest BCUT2D eigenvalue weighted by atomic mass is 10.1. The molecule has 4 heteroatoms. The Bertz CT molecular complexity index is 350. The van der Waals surface area contributed by atoms with E-state index in [4.69, 9.17) is 0 Å². The maximum atomic E-state index is 9.85. The second kappa shape index (κ2) is 3.54. The van der Waals surface area contributed by atoms with E-state index >= 15 is 0 Å². The largest absolute Gasteiger partial charge is 0.282 e. The van der Waals surface area contributed by atoms with Gasteiger partial charge in [0.2, 0.25) is 6.08 Å². The van der Waals surface area contributed by atoms with Crippen molar-refractivity contribution in [3.05, 3.63) is 17.0 Å². The van der Waals surface area contributed by atoms with Gasteiger partial charge in [0, 0.05) is 12.1 Å². The molecule has 0 radical (unpaired) electrons. The molecule has 0 unspecified atom stereocenters. The van der Waals surface area contributed by atoms with Gasteiger partial charge >= 0.3 is 0 Å². The van der Waals surface area contributed by atoms with Gasteiger partial charge in [0.1, 0.15) is 0 Å². The highest BCUT2D eigenvalue weighted by atomic mass is 16.1. The molecule has 0 bridgehead atoms. The van der Waals surface area contributed by atoms with Crippen molar-refractivity contribution in [2.45, 2.75) is 25.7 Å². The lowest BCUT2D eigenvalue weighted by Crippen LogP contribution is -1.93. The predicted octanol–water partition coefficient (Wildman–Crippen LogP) is 0.777. The first-order valence-electron chi connectivity index (χ1n) is 4.50. The monoisotopic (exact) mass is 177 g/mol. The standard InChI is InChI=1S/C9H11N3O/c13-6-10-5-4-9-7-2-1-3-8(7)11-12-9/h1-5H2,(H,11,12). The molecule has 0 aromatic carbocycles.